The lowest BCUT2D eigenvalue weighted by atomic mass is 10.2. The topological polar surface area (TPSA) is 82.5 Å². The molecule has 0 amide bonds. The van der Waals surface area contributed by atoms with Gasteiger partial charge < -0.3 is 0 Å². The zero-order valence-electron chi connectivity index (χ0n) is 8.66. The fourth-order valence-electron chi connectivity index (χ4n) is 1.41. The van der Waals surface area contributed by atoms with Crippen LogP contribution in [0.1, 0.15) is 21.7 Å². The fourth-order valence-corrected chi connectivity index (χ4v) is 1.41. The fraction of sp³-hybridized carbons (Fsp3) is 0. The van der Waals surface area contributed by atoms with Crippen molar-refractivity contribution < 1.29 is 4.79 Å². The zero-order chi connectivity index (χ0) is 12.3. The molecule has 0 fully saturated rings. The van der Waals surface area contributed by atoms with Gasteiger partial charge in [-0.25, -0.2) is 4.98 Å². The molecule has 0 aliphatic carbocycles. The van der Waals surface area contributed by atoms with Crippen LogP contribution in [0.25, 0.3) is 0 Å². The van der Waals surface area contributed by atoms with Gasteiger partial charge in [-0.3, -0.25) is 9.36 Å². The minimum Gasteiger partial charge on any atom is -0.268 e. The van der Waals surface area contributed by atoms with Crippen LogP contribution in [0, 0.1) is 22.7 Å². The average molecular weight is 222 g/mol. The lowest BCUT2D eigenvalue weighted by Gasteiger charge is -2.01. The minimum atomic E-state index is -0.379. The predicted molar refractivity (Wildman–Crippen MR) is 57.8 cm³/mol. The molecule has 0 aliphatic rings. The first kappa shape index (κ1) is 10.6. The highest BCUT2D eigenvalue weighted by Gasteiger charge is 2.16. The summed E-state index contributed by atoms with van der Waals surface area (Å²) < 4.78 is 1.08. The van der Waals surface area contributed by atoms with Crippen LogP contribution in [-0.4, -0.2) is 15.5 Å². The van der Waals surface area contributed by atoms with E-state index in [2.05, 4.69) is 4.98 Å². The molecule has 0 saturated heterocycles. The SMILES string of the molecule is N#Cc1ncn(C(=O)c2ccccc2)c1C#N. The van der Waals surface area contributed by atoms with E-state index in [0.29, 0.717) is 5.56 Å². The number of carbonyl (C=O) groups excluding carboxylic acids is 1. The molecule has 0 saturated carbocycles. The molecule has 0 spiro atoms. The second-order valence-electron chi connectivity index (χ2n) is 3.21. The number of nitriles is 2. The van der Waals surface area contributed by atoms with Gasteiger partial charge in [0, 0.05) is 5.56 Å². The number of rotatable bonds is 1. The maximum Gasteiger partial charge on any atom is 0.264 e. The summed E-state index contributed by atoms with van der Waals surface area (Å²) in [7, 11) is 0. The monoisotopic (exact) mass is 222 g/mol. The number of nitrogens with zero attached hydrogens (tertiary/aromatic N) is 4. The summed E-state index contributed by atoms with van der Waals surface area (Å²) in [5.74, 6) is -0.379. The minimum absolute atomic E-state index is 0.0404. The van der Waals surface area contributed by atoms with E-state index < -0.39 is 0 Å². The van der Waals surface area contributed by atoms with E-state index in [9.17, 15) is 4.79 Å². The van der Waals surface area contributed by atoms with Gasteiger partial charge in [0.25, 0.3) is 5.91 Å². The average Bonchev–Trinajstić information content (AvgIpc) is 2.81. The van der Waals surface area contributed by atoms with E-state index in [0.717, 1.165) is 4.57 Å². The lowest BCUT2D eigenvalue weighted by Crippen LogP contribution is -2.12. The molecule has 0 N–H and O–H groups in total. The van der Waals surface area contributed by atoms with Gasteiger partial charge in [-0.2, -0.15) is 10.5 Å². The molecule has 0 aliphatic heterocycles. The van der Waals surface area contributed by atoms with Crippen molar-refractivity contribution in [3.63, 3.8) is 0 Å². The Morgan fingerprint density at radius 3 is 2.47 bits per heavy atom. The van der Waals surface area contributed by atoms with Crippen molar-refractivity contribution >= 4 is 5.91 Å². The second-order valence-corrected chi connectivity index (χ2v) is 3.21. The van der Waals surface area contributed by atoms with Gasteiger partial charge >= 0.3 is 0 Å². The molecule has 2 rings (SSSR count). The van der Waals surface area contributed by atoms with Crippen molar-refractivity contribution in [2.24, 2.45) is 0 Å². The molecule has 5 heteroatoms. The number of carbonyl (C=O) groups is 1. The lowest BCUT2D eigenvalue weighted by molar-refractivity contribution is 0.0959. The third-order valence-corrected chi connectivity index (χ3v) is 2.22. The predicted octanol–water partition coefficient (Wildman–Crippen LogP) is 1.31. The third kappa shape index (κ3) is 1.77. The van der Waals surface area contributed by atoms with Gasteiger partial charge in [-0.05, 0) is 12.1 Å². The number of benzene rings is 1. The van der Waals surface area contributed by atoms with Gasteiger partial charge in [0.05, 0.1) is 0 Å². The molecule has 0 atom stereocenters. The summed E-state index contributed by atoms with van der Waals surface area (Å²) >= 11 is 0. The van der Waals surface area contributed by atoms with Gasteiger partial charge in [0.2, 0.25) is 0 Å². The molecule has 0 unspecified atom stereocenters. The first-order chi connectivity index (χ1) is 8.27. The van der Waals surface area contributed by atoms with Gasteiger partial charge in [-0.1, -0.05) is 18.2 Å². The highest BCUT2D eigenvalue weighted by molar-refractivity contribution is 5.96. The number of hydrogen-bond donors (Lipinski definition) is 0. The van der Waals surface area contributed by atoms with Crippen molar-refractivity contribution in [1.82, 2.24) is 9.55 Å². The molecule has 17 heavy (non-hydrogen) atoms. The first-order valence-electron chi connectivity index (χ1n) is 4.75. The van der Waals surface area contributed by atoms with E-state index in [4.69, 9.17) is 10.5 Å². The van der Waals surface area contributed by atoms with Crippen molar-refractivity contribution in [1.29, 1.82) is 10.5 Å². The Balaban J connectivity index is 2.51. The molecule has 0 bridgehead atoms. The molecule has 1 aromatic heterocycles. The number of aromatic nitrogens is 2. The van der Waals surface area contributed by atoms with Crippen LogP contribution in [0.3, 0.4) is 0 Å². The largest absolute Gasteiger partial charge is 0.268 e. The van der Waals surface area contributed by atoms with Gasteiger partial charge in [0.15, 0.2) is 11.4 Å². The van der Waals surface area contributed by atoms with Gasteiger partial charge in [0.1, 0.15) is 18.5 Å². The van der Waals surface area contributed by atoms with Crippen LogP contribution < -0.4 is 0 Å². The van der Waals surface area contributed by atoms with Crippen LogP contribution >= 0.6 is 0 Å². The smallest absolute Gasteiger partial charge is 0.264 e. The molecule has 5 nitrogen and oxygen atoms in total. The van der Waals surface area contributed by atoms with Crippen molar-refractivity contribution in [3.8, 4) is 12.1 Å². The molecule has 1 aromatic carbocycles. The van der Waals surface area contributed by atoms with Crippen molar-refractivity contribution in [2.75, 3.05) is 0 Å². The standard InChI is InChI=1S/C12H6N4O/c13-6-10-11(7-14)16(8-15-10)12(17)9-4-2-1-3-5-9/h1-5,8H. The van der Waals surface area contributed by atoms with Crippen LogP contribution in [0.2, 0.25) is 0 Å². The maximum absolute atomic E-state index is 12.0. The van der Waals surface area contributed by atoms with Crippen LogP contribution in [-0.2, 0) is 0 Å². The summed E-state index contributed by atoms with van der Waals surface area (Å²) in [5, 5.41) is 17.6. The van der Waals surface area contributed by atoms with E-state index in [1.54, 1.807) is 42.5 Å². The summed E-state index contributed by atoms with van der Waals surface area (Å²) in [6, 6.07) is 12.1. The van der Waals surface area contributed by atoms with Crippen LogP contribution in [0.4, 0.5) is 0 Å². The van der Waals surface area contributed by atoms with E-state index in [1.807, 2.05) is 0 Å². The summed E-state index contributed by atoms with van der Waals surface area (Å²) in [4.78, 5) is 15.7. The van der Waals surface area contributed by atoms with E-state index in [-0.39, 0.29) is 17.3 Å². The normalized spacial score (nSPS) is 9.29. The van der Waals surface area contributed by atoms with Crippen LogP contribution in [0.15, 0.2) is 36.7 Å². The maximum atomic E-state index is 12.0. The van der Waals surface area contributed by atoms with E-state index in [1.165, 1.54) is 6.33 Å². The Hall–Kier alpha value is -2.92. The van der Waals surface area contributed by atoms with Gasteiger partial charge in [-0.15, -0.1) is 0 Å². The molecule has 2 aromatic rings. The first-order valence-corrected chi connectivity index (χ1v) is 4.75. The summed E-state index contributed by atoms with van der Waals surface area (Å²) in [6.45, 7) is 0. The number of imidazole rings is 1. The molecular formula is C12H6N4O. The van der Waals surface area contributed by atoms with Crippen molar-refractivity contribution in [2.45, 2.75) is 0 Å². The second kappa shape index (κ2) is 4.30. The Morgan fingerprint density at radius 1 is 1.18 bits per heavy atom. The zero-order valence-corrected chi connectivity index (χ0v) is 8.66. The molecule has 1 heterocycles. The molecular weight excluding hydrogens is 216 g/mol. The number of hydrogen-bond acceptors (Lipinski definition) is 4. The molecule has 0 radical (unpaired) electrons. The quantitative estimate of drug-likeness (QED) is 0.728. The Kier molecular flexibility index (Phi) is 2.68. The highest BCUT2D eigenvalue weighted by atomic mass is 16.2. The Labute approximate surface area is 97.2 Å². The summed E-state index contributed by atoms with van der Waals surface area (Å²) in [6.07, 6.45) is 1.19. The van der Waals surface area contributed by atoms with E-state index >= 15 is 0 Å². The van der Waals surface area contributed by atoms with Crippen molar-refractivity contribution in [3.05, 3.63) is 53.6 Å². The Bertz CT molecular complexity index is 643. The highest BCUT2D eigenvalue weighted by Crippen LogP contribution is 2.09. The molecule has 80 valence electrons. The Morgan fingerprint density at radius 2 is 1.88 bits per heavy atom. The summed E-state index contributed by atoms with van der Waals surface area (Å²) in [5.41, 5.74) is 0.351. The van der Waals surface area contributed by atoms with Crippen LogP contribution in [0.5, 0.6) is 0 Å². The third-order valence-electron chi connectivity index (χ3n) is 2.22.